The van der Waals surface area contributed by atoms with Gasteiger partial charge in [-0.25, -0.2) is 9.97 Å². The molecule has 0 atom stereocenters. The molecule has 0 amide bonds. The largest absolute Gasteiger partial charge is 0.355 e. The number of hydrogen-bond acceptors (Lipinski definition) is 4. The van der Waals surface area contributed by atoms with Gasteiger partial charge in [0.15, 0.2) is 0 Å². The van der Waals surface area contributed by atoms with Crippen LogP contribution in [0.4, 0.5) is 5.82 Å². The van der Waals surface area contributed by atoms with Crippen LogP contribution in [-0.4, -0.2) is 34.6 Å². The van der Waals surface area contributed by atoms with Crippen molar-refractivity contribution in [3.63, 3.8) is 0 Å². The van der Waals surface area contributed by atoms with Crippen molar-refractivity contribution in [2.45, 2.75) is 0 Å². The molecule has 13 heavy (non-hydrogen) atoms. The minimum Gasteiger partial charge on any atom is -0.355 e. The third-order valence-corrected chi connectivity index (χ3v) is 3.10. The predicted octanol–water partition coefficient (Wildman–Crippen LogP) is 1.68. The van der Waals surface area contributed by atoms with E-state index in [1.165, 1.54) is 17.8 Å². The summed E-state index contributed by atoms with van der Waals surface area (Å²) in [6.07, 6.45) is 1.51. The lowest BCUT2D eigenvalue weighted by Gasteiger charge is -2.27. The molecule has 0 radical (unpaired) electrons. The van der Waals surface area contributed by atoms with Crippen LogP contribution in [0.3, 0.4) is 0 Å². The van der Waals surface area contributed by atoms with Gasteiger partial charge in [0, 0.05) is 30.7 Å². The van der Waals surface area contributed by atoms with E-state index in [1.807, 2.05) is 17.8 Å². The highest BCUT2D eigenvalue weighted by Crippen LogP contribution is 2.18. The number of hydrogen-bond donors (Lipinski definition) is 0. The second-order valence-electron chi connectivity index (χ2n) is 2.80. The van der Waals surface area contributed by atoms with Gasteiger partial charge in [-0.15, -0.1) is 0 Å². The molecule has 1 aliphatic heterocycles. The third kappa shape index (κ3) is 2.25. The molecule has 0 saturated carbocycles. The lowest BCUT2D eigenvalue weighted by atomic mass is 10.4. The van der Waals surface area contributed by atoms with Crippen molar-refractivity contribution in [1.82, 2.24) is 9.97 Å². The van der Waals surface area contributed by atoms with Crippen molar-refractivity contribution in [1.29, 1.82) is 0 Å². The van der Waals surface area contributed by atoms with Crippen LogP contribution in [0.5, 0.6) is 0 Å². The molecule has 0 unspecified atom stereocenters. The SMILES string of the molecule is Clc1cc(N2CCSCC2)ncn1. The number of anilines is 1. The van der Waals surface area contributed by atoms with Gasteiger partial charge < -0.3 is 4.90 Å². The fraction of sp³-hybridized carbons (Fsp3) is 0.500. The first-order valence-corrected chi connectivity index (χ1v) is 5.70. The van der Waals surface area contributed by atoms with Crippen LogP contribution in [0.25, 0.3) is 0 Å². The zero-order valence-electron chi connectivity index (χ0n) is 7.11. The Balaban J connectivity index is 2.14. The molecule has 1 fully saturated rings. The Morgan fingerprint density at radius 2 is 2.08 bits per heavy atom. The fourth-order valence-corrected chi connectivity index (χ4v) is 2.33. The Bertz CT molecular complexity index is 288. The summed E-state index contributed by atoms with van der Waals surface area (Å²) in [5.74, 6) is 3.28. The van der Waals surface area contributed by atoms with E-state index in [-0.39, 0.29) is 0 Å². The summed E-state index contributed by atoms with van der Waals surface area (Å²) in [6, 6.07) is 1.82. The number of halogens is 1. The molecule has 0 aliphatic carbocycles. The lowest BCUT2D eigenvalue weighted by molar-refractivity contribution is 0.835. The summed E-state index contributed by atoms with van der Waals surface area (Å²) in [7, 11) is 0. The molecule has 1 aromatic heterocycles. The Morgan fingerprint density at radius 3 is 2.77 bits per heavy atom. The van der Waals surface area contributed by atoms with Gasteiger partial charge in [0.05, 0.1) is 0 Å². The van der Waals surface area contributed by atoms with Crippen molar-refractivity contribution in [2.75, 3.05) is 29.5 Å². The van der Waals surface area contributed by atoms with E-state index in [0.29, 0.717) is 5.15 Å². The number of thioether (sulfide) groups is 1. The summed E-state index contributed by atoms with van der Waals surface area (Å²) in [6.45, 7) is 2.11. The van der Waals surface area contributed by atoms with E-state index >= 15 is 0 Å². The van der Waals surface area contributed by atoms with E-state index in [1.54, 1.807) is 0 Å². The average molecular weight is 216 g/mol. The normalized spacial score (nSPS) is 17.5. The van der Waals surface area contributed by atoms with Gasteiger partial charge in [0.25, 0.3) is 0 Å². The molecule has 0 N–H and O–H groups in total. The zero-order chi connectivity index (χ0) is 9.10. The molecule has 70 valence electrons. The second-order valence-corrected chi connectivity index (χ2v) is 4.41. The number of aromatic nitrogens is 2. The fourth-order valence-electron chi connectivity index (χ4n) is 1.29. The first kappa shape index (κ1) is 9.09. The number of rotatable bonds is 1. The summed E-state index contributed by atoms with van der Waals surface area (Å²) in [5, 5.41) is 0.517. The van der Waals surface area contributed by atoms with Gasteiger partial charge in [0.1, 0.15) is 17.3 Å². The second kappa shape index (κ2) is 4.15. The molecule has 1 aliphatic rings. The summed E-state index contributed by atoms with van der Waals surface area (Å²) in [4.78, 5) is 10.3. The van der Waals surface area contributed by atoms with E-state index in [2.05, 4.69) is 14.9 Å². The van der Waals surface area contributed by atoms with Crippen LogP contribution in [0.15, 0.2) is 12.4 Å². The van der Waals surface area contributed by atoms with Gasteiger partial charge in [-0.1, -0.05) is 11.6 Å². The topological polar surface area (TPSA) is 29.0 Å². The number of nitrogens with zero attached hydrogens (tertiary/aromatic N) is 3. The first-order valence-electron chi connectivity index (χ1n) is 4.16. The van der Waals surface area contributed by atoms with Crippen LogP contribution in [0.1, 0.15) is 0 Å². The maximum Gasteiger partial charge on any atom is 0.134 e. The van der Waals surface area contributed by atoms with Crippen LogP contribution < -0.4 is 4.90 Å². The van der Waals surface area contributed by atoms with Crippen molar-refractivity contribution in [3.8, 4) is 0 Å². The standard InChI is InChI=1S/C8H10ClN3S/c9-7-5-8(11-6-10-7)12-1-3-13-4-2-12/h5-6H,1-4H2. The van der Waals surface area contributed by atoms with E-state index < -0.39 is 0 Å². The van der Waals surface area contributed by atoms with Gasteiger partial charge in [0.2, 0.25) is 0 Å². The quantitative estimate of drug-likeness (QED) is 0.667. The molecule has 1 aromatic rings. The molecule has 1 saturated heterocycles. The van der Waals surface area contributed by atoms with Crippen LogP contribution in [-0.2, 0) is 0 Å². The Hall–Kier alpha value is -0.480. The lowest BCUT2D eigenvalue weighted by Crippen LogP contribution is -2.33. The average Bonchev–Trinajstić information content (AvgIpc) is 2.19. The highest BCUT2D eigenvalue weighted by molar-refractivity contribution is 7.99. The van der Waals surface area contributed by atoms with Crippen LogP contribution in [0, 0.1) is 0 Å². The Kier molecular flexibility index (Phi) is 2.90. The minimum absolute atomic E-state index is 0.517. The molecule has 5 heteroatoms. The molecule has 0 bridgehead atoms. The monoisotopic (exact) mass is 215 g/mol. The smallest absolute Gasteiger partial charge is 0.134 e. The summed E-state index contributed by atoms with van der Waals surface area (Å²) >= 11 is 7.76. The van der Waals surface area contributed by atoms with Crippen molar-refractivity contribution < 1.29 is 0 Å². The highest BCUT2D eigenvalue weighted by atomic mass is 35.5. The van der Waals surface area contributed by atoms with Crippen molar-refractivity contribution >= 4 is 29.2 Å². The molecule has 2 rings (SSSR count). The highest BCUT2D eigenvalue weighted by Gasteiger charge is 2.12. The van der Waals surface area contributed by atoms with Gasteiger partial charge in [-0.3, -0.25) is 0 Å². The van der Waals surface area contributed by atoms with Gasteiger partial charge in [-0.05, 0) is 0 Å². The maximum atomic E-state index is 5.78. The van der Waals surface area contributed by atoms with E-state index in [4.69, 9.17) is 11.6 Å². The van der Waals surface area contributed by atoms with Crippen molar-refractivity contribution in [2.24, 2.45) is 0 Å². The van der Waals surface area contributed by atoms with E-state index in [9.17, 15) is 0 Å². The first-order chi connectivity index (χ1) is 6.36. The maximum absolute atomic E-state index is 5.78. The summed E-state index contributed by atoms with van der Waals surface area (Å²) in [5.41, 5.74) is 0. The molecular formula is C8H10ClN3S. The van der Waals surface area contributed by atoms with Crippen LogP contribution in [0.2, 0.25) is 5.15 Å². The summed E-state index contributed by atoms with van der Waals surface area (Å²) < 4.78 is 0. The molecule has 2 heterocycles. The molecule has 0 aromatic carbocycles. The van der Waals surface area contributed by atoms with E-state index in [0.717, 1.165) is 18.9 Å². The third-order valence-electron chi connectivity index (χ3n) is 1.95. The molecule has 3 nitrogen and oxygen atoms in total. The minimum atomic E-state index is 0.517. The Morgan fingerprint density at radius 1 is 1.31 bits per heavy atom. The van der Waals surface area contributed by atoms with Crippen molar-refractivity contribution in [3.05, 3.63) is 17.5 Å². The van der Waals surface area contributed by atoms with Gasteiger partial charge >= 0.3 is 0 Å². The Labute approximate surface area is 86.5 Å². The molecule has 0 spiro atoms. The predicted molar refractivity (Wildman–Crippen MR) is 56.6 cm³/mol. The van der Waals surface area contributed by atoms with Crippen LogP contribution >= 0.6 is 23.4 Å². The zero-order valence-corrected chi connectivity index (χ0v) is 8.68. The van der Waals surface area contributed by atoms with Gasteiger partial charge in [-0.2, -0.15) is 11.8 Å². The molecular weight excluding hydrogens is 206 g/mol.